The Morgan fingerprint density at radius 1 is 1.14 bits per heavy atom. The Labute approximate surface area is 172 Å². The van der Waals surface area contributed by atoms with Gasteiger partial charge in [-0.1, -0.05) is 30.3 Å². The van der Waals surface area contributed by atoms with Gasteiger partial charge in [0.05, 0.1) is 32.2 Å². The zero-order valence-electron chi connectivity index (χ0n) is 17.5. The fraction of sp³-hybridized carbons (Fsp3) is 0.375. The molecule has 3 aromatic rings. The number of quaternary nitrogens is 1. The third-order valence-electron chi connectivity index (χ3n) is 6.05. The molecular formula is C24H30N3O2+. The topological polar surface area (TPSA) is 49.9 Å². The van der Waals surface area contributed by atoms with Crippen molar-refractivity contribution in [2.75, 3.05) is 37.6 Å². The monoisotopic (exact) mass is 392 g/mol. The van der Waals surface area contributed by atoms with Crippen LogP contribution in [0.2, 0.25) is 0 Å². The van der Waals surface area contributed by atoms with E-state index in [1.165, 1.54) is 21.7 Å². The Kier molecular flexibility index (Phi) is 5.58. The number of amides is 1. The number of benzene rings is 2. The largest absolute Gasteiger partial charge is 0.459 e. The first-order chi connectivity index (χ1) is 14.0. The van der Waals surface area contributed by atoms with E-state index in [0.717, 1.165) is 42.9 Å². The van der Waals surface area contributed by atoms with Gasteiger partial charge in [-0.2, -0.15) is 0 Å². The van der Waals surface area contributed by atoms with E-state index in [0.29, 0.717) is 6.54 Å². The van der Waals surface area contributed by atoms with Crippen LogP contribution in [0.4, 0.5) is 5.69 Å². The van der Waals surface area contributed by atoms with Crippen LogP contribution >= 0.6 is 0 Å². The highest BCUT2D eigenvalue weighted by Crippen LogP contribution is 2.24. The molecule has 0 radical (unpaired) electrons. The smallest absolute Gasteiger partial charge is 0.275 e. The maximum absolute atomic E-state index is 12.6. The van der Waals surface area contributed by atoms with E-state index in [9.17, 15) is 4.79 Å². The average Bonchev–Trinajstić information content (AvgIpc) is 3.15. The Morgan fingerprint density at radius 2 is 1.90 bits per heavy atom. The molecule has 1 aliphatic rings. The van der Waals surface area contributed by atoms with Crippen molar-refractivity contribution in [3.63, 3.8) is 0 Å². The van der Waals surface area contributed by atoms with Gasteiger partial charge in [0.2, 0.25) is 0 Å². The molecule has 0 bridgehead atoms. The van der Waals surface area contributed by atoms with Gasteiger partial charge in [0.15, 0.2) is 6.54 Å². The summed E-state index contributed by atoms with van der Waals surface area (Å²) >= 11 is 0. The number of carbonyl (C=O) groups excluding carboxylic acids is 1. The first kappa shape index (κ1) is 19.5. The van der Waals surface area contributed by atoms with Crippen molar-refractivity contribution in [3.05, 3.63) is 65.4 Å². The number of anilines is 1. The summed E-state index contributed by atoms with van der Waals surface area (Å²) in [6, 6.07) is 16.3. The number of fused-ring (bicyclic) bond motifs is 1. The second-order valence-corrected chi connectivity index (χ2v) is 8.11. The fourth-order valence-electron chi connectivity index (χ4n) is 4.13. The highest BCUT2D eigenvalue weighted by Gasteiger charge is 2.24. The summed E-state index contributed by atoms with van der Waals surface area (Å²) in [5.41, 5.74) is 4.87. The Hall–Kier alpha value is -2.79. The molecule has 0 unspecified atom stereocenters. The second-order valence-electron chi connectivity index (χ2n) is 8.11. The molecule has 1 aromatic heterocycles. The number of rotatable bonds is 5. The maximum atomic E-state index is 12.6. The minimum Gasteiger partial charge on any atom is -0.459 e. The van der Waals surface area contributed by atoms with E-state index in [-0.39, 0.29) is 11.9 Å². The molecule has 1 saturated heterocycles. The summed E-state index contributed by atoms with van der Waals surface area (Å²) in [5, 5.41) is 4.16. The molecule has 5 nitrogen and oxygen atoms in total. The summed E-state index contributed by atoms with van der Waals surface area (Å²) in [4.78, 5) is 16.4. The zero-order valence-corrected chi connectivity index (χ0v) is 17.5. The molecule has 0 aliphatic carbocycles. The number of nitrogens with one attached hydrogen (secondary N) is 2. The molecule has 29 heavy (non-hydrogen) atoms. The van der Waals surface area contributed by atoms with E-state index >= 15 is 0 Å². The van der Waals surface area contributed by atoms with Crippen LogP contribution < -0.4 is 15.1 Å². The number of piperazine rings is 1. The average molecular weight is 393 g/mol. The van der Waals surface area contributed by atoms with Crippen molar-refractivity contribution in [1.82, 2.24) is 5.32 Å². The van der Waals surface area contributed by atoms with Gasteiger partial charge in [0.1, 0.15) is 11.3 Å². The molecule has 1 fully saturated rings. The Balaban J connectivity index is 1.30. The third kappa shape index (κ3) is 4.30. The standard InChI is InChI=1S/C24H29N3O2/c1-17-7-6-9-21(18(17)2)27-13-11-26(12-14-27)16-24(28)25-19(3)23-15-20-8-4-5-10-22(20)29-23/h4-10,15,19H,11-14,16H2,1-3H3,(H,25,28)/p+1/t19-/m0/s1. The predicted molar refractivity (Wildman–Crippen MR) is 116 cm³/mol. The van der Waals surface area contributed by atoms with Crippen LogP contribution in [0.3, 0.4) is 0 Å². The van der Waals surface area contributed by atoms with Crippen molar-refractivity contribution in [2.45, 2.75) is 26.8 Å². The minimum absolute atomic E-state index is 0.0770. The minimum atomic E-state index is -0.134. The Bertz CT molecular complexity index is 969. The van der Waals surface area contributed by atoms with E-state index in [1.807, 2.05) is 37.3 Å². The molecule has 0 saturated carbocycles. The van der Waals surface area contributed by atoms with Crippen molar-refractivity contribution >= 4 is 22.6 Å². The third-order valence-corrected chi connectivity index (χ3v) is 6.05. The van der Waals surface area contributed by atoms with Gasteiger partial charge < -0.3 is 19.5 Å². The molecular weight excluding hydrogens is 362 g/mol. The van der Waals surface area contributed by atoms with Crippen molar-refractivity contribution in [3.8, 4) is 0 Å². The van der Waals surface area contributed by atoms with Crippen LogP contribution in [0.25, 0.3) is 11.0 Å². The molecule has 1 atom stereocenters. The lowest BCUT2D eigenvalue weighted by Crippen LogP contribution is -3.16. The molecule has 5 heteroatoms. The first-order valence-electron chi connectivity index (χ1n) is 10.4. The molecule has 1 aliphatic heterocycles. The van der Waals surface area contributed by atoms with Gasteiger partial charge >= 0.3 is 0 Å². The van der Waals surface area contributed by atoms with Crippen molar-refractivity contribution < 1.29 is 14.1 Å². The van der Waals surface area contributed by atoms with Crippen LogP contribution in [-0.4, -0.2) is 38.6 Å². The molecule has 2 N–H and O–H groups in total. The fourth-order valence-corrected chi connectivity index (χ4v) is 4.13. The Morgan fingerprint density at radius 3 is 2.66 bits per heavy atom. The van der Waals surface area contributed by atoms with Crippen LogP contribution in [0.1, 0.15) is 29.9 Å². The van der Waals surface area contributed by atoms with Gasteiger partial charge in [0, 0.05) is 11.1 Å². The highest BCUT2D eigenvalue weighted by atomic mass is 16.3. The summed E-state index contributed by atoms with van der Waals surface area (Å²) in [6.45, 7) is 10.7. The van der Waals surface area contributed by atoms with Crippen molar-refractivity contribution in [1.29, 1.82) is 0 Å². The zero-order chi connectivity index (χ0) is 20.4. The van der Waals surface area contributed by atoms with Crippen LogP contribution in [0, 0.1) is 13.8 Å². The van der Waals surface area contributed by atoms with Gasteiger partial charge in [-0.3, -0.25) is 4.79 Å². The number of hydrogen-bond acceptors (Lipinski definition) is 3. The highest BCUT2D eigenvalue weighted by molar-refractivity contribution is 5.79. The first-order valence-corrected chi connectivity index (χ1v) is 10.4. The summed E-state index contributed by atoms with van der Waals surface area (Å²) in [6.07, 6.45) is 0. The molecule has 152 valence electrons. The molecule has 2 aromatic carbocycles. The van der Waals surface area contributed by atoms with E-state index in [1.54, 1.807) is 0 Å². The summed E-state index contributed by atoms with van der Waals surface area (Å²) in [7, 11) is 0. The van der Waals surface area contributed by atoms with E-state index < -0.39 is 0 Å². The lowest BCUT2D eigenvalue weighted by Gasteiger charge is -2.34. The maximum Gasteiger partial charge on any atom is 0.275 e. The van der Waals surface area contributed by atoms with E-state index in [2.05, 4.69) is 42.3 Å². The number of nitrogens with zero attached hydrogens (tertiary/aromatic N) is 1. The second kappa shape index (κ2) is 8.29. The van der Waals surface area contributed by atoms with Crippen LogP contribution in [0.15, 0.2) is 52.9 Å². The quantitative estimate of drug-likeness (QED) is 0.702. The predicted octanol–water partition coefficient (Wildman–Crippen LogP) is 2.63. The number of hydrogen-bond donors (Lipinski definition) is 2. The molecule has 4 rings (SSSR count). The molecule has 1 amide bonds. The van der Waals surface area contributed by atoms with Crippen LogP contribution in [0.5, 0.6) is 0 Å². The van der Waals surface area contributed by atoms with E-state index in [4.69, 9.17) is 4.42 Å². The summed E-state index contributed by atoms with van der Waals surface area (Å²) < 4.78 is 5.88. The lowest BCUT2D eigenvalue weighted by atomic mass is 10.1. The number of furan rings is 1. The number of para-hydroxylation sites is 1. The van der Waals surface area contributed by atoms with Gasteiger partial charge in [-0.15, -0.1) is 0 Å². The lowest BCUT2D eigenvalue weighted by molar-refractivity contribution is -0.892. The summed E-state index contributed by atoms with van der Waals surface area (Å²) in [5.74, 6) is 0.877. The van der Waals surface area contributed by atoms with Gasteiger partial charge in [0.25, 0.3) is 5.91 Å². The normalized spacial score (nSPS) is 16.2. The van der Waals surface area contributed by atoms with Gasteiger partial charge in [-0.25, -0.2) is 0 Å². The number of aryl methyl sites for hydroxylation is 1. The molecule has 0 spiro atoms. The van der Waals surface area contributed by atoms with Gasteiger partial charge in [-0.05, 0) is 50.1 Å². The van der Waals surface area contributed by atoms with Crippen LogP contribution in [-0.2, 0) is 4.79 Å². The molecule has 2 heterocycles. The van der Waals surface area contributed by atoms with Crippen molar-refractivity contribution in [2.24, 2.45) is 0 Å². The SMILES string of the molecule is Cc1cccc(N2CC[NH+](CC(=O)N[C@@H](C)c3cc4ccccc4o3)CC2)c1C. The number of carbonyl (C=O) groups is 1.